The Morgan fingerprint density at radius 2 is 2.00 bits per heavy atom. The van der Waals surface area contributed by atoms with E-state index in [4.69, 9.17) is 9.84 Å². The second kappa shape index (κ2) is 8.52. The van der Waals surface area contributed by atoms with Gasteiger partial charge in [0.2, 0.25) is 5.66 Å². The molecule has 1 aliphatic heterocycles. The summed E-state index contributed by atoms with van der Waals surface area (Å²) < 4.78 is 17.7. The van der Waals surface area contributed by atoms with E-state index in [2.05, 4.69) is 5.32 Å². The summed E-state index contributed by atoms with van der Waals surface area (Å²) in [4.78, 5) is 20.9. The predicted octanol–water partition coefficient (Wildman–Crippen LogP) is 2.76. The Morgan fingerprint density at radius 3 is 2.62 bits per heavy atom. The number of carboxylic acid groups (broad SMARTS) is 1. The molecule has 136 valence electrons. The zero-order chi connectivity index (χ0) is 18.5. The number of nitrogens with one attached hydrogen (secondary N) is 1. The standard InChI is InChI=1S/C19H20NO5P/c21-19(22)15-8-4-7-14(10-15)16-12-25-17(11-20-16)18(26(23)24)9-13-5-2-1-3-6-13/h1-8,10,16-18,20H,9,11-12H2,(H-,21,22,23,24)/p+1/t16-,17-,18?/m0/s1. The Balaban J connectivity index is 1.65. The van der Waals surface area contributed by atoms with Crippen LogP contribution >= 0.6 is 8.03 Å². The lowest BCUT2D eigenvalue weighted by molar-refractivity contribution is 0.000665. The van der Waals surface area contributed by atoms with Crippen LogP contribution in [0.25, 0.3) is 0 Å². The zero-order valence-corrected chi connectivity index (χ0v) is 15.0. The molecule has 1 aliphatic rings. The fourth-order valence-electron chi connectivity index (χ4n) is 3.15. The van der Waals surface area contributed by atoms with Crippen LogP contribution in [0.4, 0.5) is 0 Å². The van der Waals surface area contributed by atoms with Crippen LogP contribution < -0.4 is 5.32 Å². The molecule has 7 heteroatoms. The Kier molecular flexibility index (Phi) is 6.12. The molecule has 3 rings (SSSR count). The van der Waals surface area contributed by atoms with E-state index < -0.39 is 19.7 Å². The smallest absolute Gasteiger partial charge is 0.478 e. The van der Waals surface area contributed by atoms with E-state index in [1.54, 1.807) is 18.2 Å². The second-order valence-corrected chi connectivity index (χ2v) is 7.59. The highest BCUT2D eigenvalue weighted by Gasteiger charge is 2.40. The Hall–Kier alpha value is -2.11. The van der Waals surface area contributed by atoms with Crippen molar-refractivity contribution in [2.75, 3.05) is 13.2 Å². The number of morpholine rings is 1. The van der Waals surface area contributed by atoms with Crippen LogP contribution in [0.1, 0.15) is 27.5 Å². The molecule has 1 heterocycles. The van der Waals surface area contributed by atoms with Gasteiger partial charge in [-0.1, -0.05) is 42.5 Å². The van der Waals surface area contributed by atoms with E-state index in [0.717, 1.165) is 11.1 Å². The highest BCUT2D eigenvalue weighted by atomic mass is 31.1. The average Bonchev–Trinajstić information content (AvgIpc) is 2.67. The molecule has 0 saturated carbocycles. The molecule has 0 spiro atoms. The molecule has 3 N–H and O–H groups in total. The molecule has 2 aromatic carbocycles. The zero-order valence-electron chi connectivity index (χ0n) is 14.1. The number of hydrogen-bond donors (Lipinski definition) is 3. The fourth-order valence-corrected chi connectivity index (χ4v) is 4.00. The molecule has 2 unspecified atom stereocenters. The van der Waals surface area contributed by atoms with Gasteiger partial charge in [-0.3, -0.25) is 0 Å². The van der Waals surface area contributed by atoms with Crippen LogP contribution in [-0.4, -0.2) is 40.9 Å². The summed E-state index contributed by atoms with van der Waals surface area (Å²) in [6, 6.07) is 16.2. The van der Waals surface area contributed by atoms with Crippen molar-refractivity contribution in [1.29, 1.82) is 0 Å². The minimum atomic E-state index is -2.39. The summed E-state index contributed by atoms with van der Waals surface area (Å²) in [6.45, 7) is 0.753. The lowest BCUT2D eigenvalue weighted by Gasteiger charge is -2.31. The lowest BCUT2D eigenvalue weighted by Crippen LogP contribution is -2.46. The Labute approximate surface area is 152 Å². The Morgan fingerprint density at radius 1 is 1.23 bits per heavy atom. The molecule has 4 atom stereocenters. The predicted molar refractivity (Wildman–Crippen MR) is 97.6 cm³/mol. The first-order valence-corrected chi connectivity index (χ1v) is 9.70. The summed E-state index contributed by atoms with van der Waals surface area (Å²) in [5.74, 6) is -0.971. The highest BCUT2D eigenvalue weighted by molar-refractivity contribution is 7.39. The van der Waals surface area contributed by atoms with Crippen LogP contribution in [0.15, 0.2) is 54.6 Å². The molecule has 0 amide bonds. The van der Waals surface area contributed by atoms with Crippen LogP contribution in [0.5, 0.6) is 0 Å². The van der Waals surface area contributed by atoms with Crippen LogP contribution in [0, 0.1) is 0 Å². The number of aromatic carboxylic acids is 1. The third-order valence-corrected chi connectivity index (χ3v) is 5.66. The summed E-state index contributed by atoms with van der Waals surface area (Å²) in [7, 11) is -2.39. The molecule has 2 aromatic rings. The van der Waals surface area contributed by atoms with Crippen molar-refractivity contribution in [3.05, 3.63) is 71.3 Å². The Bertz CT molecular complexity index is 775. The van der Waals surface area contributed by atoms with Gasteiger partial charge in [-0.05, 0) is 27.8 Å². The van der Waals surface area contributed by atoms with Crippen molar-refractivity contribution in [3.63, 3.8) is 0 Å². The van der Waals surface area contributed by atoms with Gasteiger partial charge in [0, 0.05) is 13.0 Å². The van der Waals surface area contributed by atoms with E-state index in [9.17, 15) is 14.3 Å². The molecule has 0 radical (unpaired) electrons. The van der Waals surface area contributed by atoms with Gasteiger partial charge < -0.3 is 15.2 Å². The maximum atomic E-state index is 11.8. The normalized spacial score (nSPS) is 21.8. The van der Waals surface area contributed by atoms with Gasteiger partial charge in [-0.25, -0.2) is 4.79 Å². The number of hydrogen-bond acceptors (Lipinski definition) is 4. The molecule has 6 nitrogen and oxygen atoms in total. The highest BCUT2D eigenvalue weighted by Crippen LogP contribution is 2.32. The molecule has 0 aliphatic carbocycles. The monoisotopic (exact) mass is 374 g/mol. The maximum Gasteiger partial charge on any atom is 0.511 e. The summed E-state index contributed by atoms with van der Waals surface area (Å²) in [5.41, 5.74) is 1.56. The quantitative estimate of drug-likeness (QED) is 0.673. The van der Waals surface area contributed by atoms with Crippen molar-refractivity contribution in [2.45, 2.75) is 24.2 Å². The van der Waals surface area contributed by atoms with E-state index in [1.807, 2.05) is 36.4 Å². The summed E-state index contributed by atoms with van der Waals surface area (Å²) >= 11 is 0. The third-order valence-electron chi connectivity index (χ3n) is 4.58. The SMILES string of the molecule is O=C(O)c1cccc([C@@H]2CO[C@H](C(Cc3ccccc3)[P+](=O)O)CN2)c1. The van der Waals surface area contributed by atoms with Crippen molar-refractivity contribution in [3.8, 4) is 0 Å². The molecule has 1 saturated heterocycles. The largest absolute Gasteiger partial charge is 0.511 e. The van der Waals surface area contributed by atoms with E-state index in [0.29, 0.717) is 19.6 Å². The molecule has 1 fully saturated rings. The summed E-state index contributed by atoms with van der Waals surface area (Å²) in [5, 5.41) is 12.4. The first kappa shape index (κ1) is 18.7. The van der Waals surface area contributed by atoms with Gasteiger partial charge >= 0.3 is 14.0 Å². The van der Waals surface area contributed by atoms with Crippen molar-refractivity contribution >= 4 is 14.0 Å². The van der Waals surface area contributed by atoms with E-state index in [1.165, 1.54) is 0 Å². The fraction of sp³-hybridized carbons (Fsp3) is 0.316. The minimum Gasteiger partial charge on any atom is -0.478 e. The van der Waals surface area contributed by atoms with Gasteiger partial charge in [0.15, 0.2) is 0 Å². The number of ether oxygens (including phenoxy) is 1. The molecule has 0 aromatic heterocycles. The lowest BCUT2D eigenvalue weighted by atomic mass is 10.0. The molecular formula is C19H21NO5P+. The first-order valence-electron chi connectivity index (χ1n) is 8.42. The number of rotatable bonds is 6. The van der Waals surface area contributed by atoms with Gasteiger partial charge in [-0.2, -0.15) is 4.89 Å². The number of benzene rings is 2. The van der Waals surface area contributed by atoms with Gasteiger partial charge in [0.1, 0.15) is 6.10 Å². The third kappa shape index (κ3) is 4.54. The van der Waals surface area contributed by atoms with Crippen molar-refractivity contribution in [2.24, 2.45) is 0 Å². The number of carboxylic acids is 1. The molecular weight excluding hydrogens is 353 g/mol. The van der Waals surface area contributed by atoms with Gasteiger partial charge in [0.25, 0.3) is 0 Å². The number of carbonyl (C=O) groups is 1. The van der Waals surface area contributed by atoms with Gasteiger partial charge in [0.05, 0.1) is 18.2 Å². The van der Waals surface area contributed by atoms with Crippen LogP contribution in [0.2, 0.25) is 0 Å². The van der Waals surface area contributed by atoms with E-state index in [-0.39, 0.29) is 17.7 Å². The van der Waals surface area contributed by atoms with Gasteiger partial charge in [-0.15, -0.1) is 0 Å². The van der Waals surface area contributed by atoms with Crippen molar-refractivity contribution < 1.29 is 24.1 Å². The maximum absolute atomic E-state index is 11.8. The summed E-state index contributed by atoms with van der Waals surface area (Å²) in [6.07, 6.45) is 0.0978. The van der Waals surface area contributed by atoms with Crippen LogP contribution in [-0.2, 0) is 15.7 Å². The topological polar surface area (TPSA) is 95.9 Å². The first-order chi connectivity index (χ1) is 12.5. The van der Waals surface area contributed by atoms with Crippen molar-refractivity contribution in [1.82, 2.24) is 5.32 Å². The minimum absolute atomic E-state index is 0.139. The molecule has 26 heavy (non-hydrogen) atoms. The molecule has 0 bridgehead atoms. The van der Waals surface area contributed by atoms with Crippen LogP contribution in [0.3, 0.4) is 0 Å². The average molecular weight is 374 g/mol. The van der Waals surface area contributed by atoms with E-state index >= 15 is 0 Å². The second-order valence-electron chi connectivity index (χ2n) is 6.32.